The Morgan fingerprint density at radius 2 is 2.00 bits per heavy atom. The highest BCUT2D eigenvalue weighted by molar-refractivity contribution is 5.79. The van der Waals surface area contributed by atoms with Crippen LogP contribution in [0, 0.1) is 5.92 Å². The molecule has 0 spiro atoms. The number of alkyl halides is 3. The number of aliphatic hydroxyl groups excluding tert-OH is 1. The standard InChI is InChI=1S/C17H20F3NO3/c1-23-13-2-3-15-12(8-13)9-14(24-15)10-21-6-4-11(5-7-21)16(22)17(18,19)20/h2-3,8-9,11,16,22H,4-7,10H2,1H3. The highest BCUT2D eigenvalue weighted by Gasteiger charge is 2.44. The lowest BCUT2D eigenvalue weighted by Crippen LogP contribution is -2.43. The Hall–Kier alpha value is -1.73. The van der Waals surface area contributed by atoms with Gasteiger partial charge in [-0.1, -0.05) is 0 Å². The summed E-state index contributed by atoms with van der Waals surface area (Å²) in [5.74, 6) is 0.797. The van der Waals surface area contributed by atoms with E-state index in [0.717, 1.165) is 22.5 Å². The van der Waals surface area contributed by atoms with Crippen LogP contribution >= 0.6 is 0 Å². The fraction of sp³-hybridized carbons (Fsp3) is 0.529. The van der Waals surface area contributed by atoms with E-state index in [0.29, 0.717) is 32.5 Å². The predicted octanol–water partition coefficient (Wildman–Crippen LogP) is 3.58. The number of halogens is 3. The van der Waals surface area contributed by atoms with Gasteiger partial charge in [0.2, 0.25) is 0 Å². The summed E-state index contributed by atoms with van der Waals surface area (Å²) in [5, 5.41) is 10.3. The van der Waals surface area contributed by atoms with Gasteiger partial charge in [0.1, 0.15) is 17.1 Å². The molecule has 0 bridgehead atoms. The largest absolute Gasteiger partial charge is 0.497 e. The van der Waals surface area contributed by atoms with Crippen molar-refractivity contribution in [2.45, 2.75) is 31.7 Å². The van der Waals surface area contributed by atoms with Crippen molar-refractivity contribution in [3.63, 3.8) is 0 Å². The first kappa shape index (κ1) is 17.1. The number of methoxy groups -OCH3 is 1. The van der Waals surface area contributed by atoms with Gasteiger partial charge in [-0.05, 0) is 56.1 Å². The molecule has 0 radical (unpaired) electrons. The van der Waals surface area contributed by atoms with Crippen LogP contribution in [0.3, 0.4) is 0 Å². The van der Waals surface area contributed by atoms with E-state index >= 15 is 0 Å². The van der Waals surface area contributed by atoms with E-state index in [1.807, 2.05) is 24.3 Å². The molecule has 1 unspecified atom stereocenters. The lowest BCUT2D eigenvalue weighted by atomic mass is 9.91. The van der Waals surface area contributed by atoms with Gasteiger partial charge in [-0.3, -0.25) is 4.90 Å². The molecular formula is C17H20F3NO3. The Balaban J connectivity index is 1.60. The molecule has 0 aliphatic carbocycles. The van der Waals surface area contributed by atoms with Crippen LogP contribution in [0.5, 0.6) is 5.75 Å². The Kier molecular flexibility index (Phi) is 4.73. The summed E-state index contributed by atoms with van der Waals surface area (Å²) in [6, 6.07) is 7.46. The minimum Gasteiger partial charge on any atom is -0.497 e. The maximum absolute atomic E-state index is 12.6. The van der Waals surface area contributed by atoms with Gasteiger partial charge in [-0.25, -0.2) is 0 Å². The minimum atomic E-state index is -4.54. The van der Waals surface area contributed by atoms with E-state index in [2.05, 4.69) is 4.90 Å². The molecule has 0 amide bonds. The zero-order valence-corrected chi connectivity index (χ0v) is 13.3. The zero-order chi connectivity index (χ0) is 17.3. The number of hydrogen-bond acceptors (Lipinski definition) is 4. The lowest BCUT2D eigenvalue weighted by Gasteiger charge is -2.34. The van der Waals surface area contributed by atoms with Crippen LogP contribution in [0.4, 0.5) is 13.2 Å². The molecule has 7 heteroatoms. The number of hydrogen-bond donors (Lipinski definition) is 1. The number of likely N-dealkylation sites (tertiary alicyclic amines) is 1. The third-order valence-electron chi connectivity index (χ3n) is 4.57. The molecule has 1 saturated heterocycles. The van der Waals surface area contributed by atoms with Gasteiger partial charge in [0.15, 0.2) is 6.10 Å². The van der Waals surface area contributed by atoms with Crippen LogP contribution in [0.1, 0.15) is 18.6 Å². The van der Waals surface area contributed by atoms with Gasteiger partial charge in [0.05, 0.1) is 13.7 Å². The van der Waals surface area contributed by atoms with Gasteiger partial charge < -0.3 is 14.3 Å². The molecule has 3 rings (SSSR count). The second kappa shape index (κ2) is 6.64. The molecule has 1 aromatic heterocycles. The predicted molar refractivity (Wildman–Crippen MR) is 82.8 cm³/mol. The number of nitrogens with zero attached hydrogens (tertiary/aromatic N) is 1. The summed E-state index contributed by atoms with van der Waals surface area (Å²) in [5.41, 5.74) is 0.758. The first-order chi connectivity index (χ1) is 11.4. The fourth-order valence-corrected chi connectivity index (χ4v) is 3.20. The van der Waals surface area contributed by atoms with Crippen LogP contribution in [0.15, 0.2) is 28.7 Å². The molecule has 1 N–H and O–H groups in total. The van der Waals surface area contributed by atoms with Crippen molar-refractivity contribution >= 4 is 11.0 Å². The number of benzene rings is 1. The smallest absolute Gasteiger partial charge is 0.414 e. The van der Waals surface area contributed by atoms with Crippen molar-refractivity contribution < 1.29 is 27.4 Å². The van der Waals surface area contributed by atoms with Crippen molar-refractivity contribution in [2.75, 3.05) is 20.2 Å². The number of rotatable bonds is 4. The van der Waals surface area contributed by atoms with Crippen LogP contribution in [0.2, 0.25) is 0 Å². The highest BCUT2D eigenvalue weighted by atomic mass is 19.4. The molecule has 1 fully saturated rings. The van der Waals surface area contributed by atoms with E-state index in [1.54, 1.807) is 7.11 Å². The fourth-order valence-electron chi connectivity index (χ4n) is 3.20. The number of furan rings is 1. The third kappa shape index (κ3) is 3.67. The van der Waals surface area contributed by atoms with E-state index in [4.69, 9.17) is 9.15 Å². The summed E-state index contributed by atoms with van der Waals surface area (Å²) in [4.78, 5) is 2.05. The van der Waals surface area contributed by atoms with Crippen LogP contribution in [-0.2, 0) is 6.54 Å². The second-order valence-electron chi connectivity index (χ2n) is 6.22. The number of ether oxygens (including phenoxy) is 1. The van der Waals surface area contributed by atoms with Gasteiger partial charge >= 0.3 is 6.18 Å². The van der Waals surface area contributed by atoms with Gasteiger partial charge in [-0.15, -0.1) is 0 Å². The van der Waals surface area contributed by atoms with Gasteiger partial charge in [0.25, 0.3) is 0 Å². The van der Waals surface area contributed by atoms with Crippen molar-refractivity contribution in [3.8, 4) is 5.75 Å². The molecule has 2 aromatic rings. The van der Waals surface area contributed by atoms with Gasteiger partial charge in [-0.2, -0.15) is 13.2 Å². The first-order valence-corrected chi connectivity index (χ1v) is 7.90. The first-order valence-electron chi connectivity index (χ1n) is 7.90. The Bertz CT molecular complexity index is 690. The summed E-state index contributed by atoms with van der Waals surface area (Å²) >= 11 is 0. The Morgan fingerprint density at radius 1 is 1.29 bits per heavy atom. The SMILES string of the molecule is COc1ccc2oc(CN3CCC(C(O)C(F)(F)F)CC3)cc2c1. The van der Waals surface area contributed by atoms with E-state index in [9.17, 15) is 18.3 Å². The van der Waals surface area contributed by atoms with Crippen molar-refractivity contribution in [1.29, 1.82) is 0 Å². The monoisotopic (exact) mass is 343 g/mol. The number of fused-ring (bicyclic) bond motifs is 1. The average Bonchev–Trinajstić information content (AvgIpc) is 2.95. The molecule has 1 aliphatic rings. The average molecular weight is 343 g/mol. The van der Waals surface area contributed by atoms with Gasteiger partial charge in [0, 0.05) is 5.39 Å². The molecule has 1 aromatic carbocycles. The highest BCUT2D eigenvalue weighted by Crippen LogP contribution is 2.32. The van der Waals surface area contributed by atoms with E-state index < -0.39 is 18.2 Å². The summed E-state index contributed by atoms with van der Waals surface area (Å²) < 4.78 is 48.7. The molecular weight excluding hydrogens is 323 g/mol. The lowest BCUT2D eigenvalue weighted by molar-refractivity contribution is -0.223. The van der Waals surface area contributed by atoms with Crippen molar-refractivity contribution in [3.05, 3.63) is 30.0 Å². The van der Waals surface area contributed by atoms with Crippen molar-refractivity contribution in [2.24, 2.45) is 5.92 Å². The maximum Gasteiger partial charge on any atom is 0.414 e. The third-order valence-corrected chi connectivity index (χ3v) is 4.57. The second-order valence-corrected chi connectivity index (χ2v) is 6.22. The topological polar surface area (TPSA) is 45.8 Å². The number of piperidine rings is 1. The Morgan fingerprint density at radius 3 is 2.62 bits per heavy atom. The van der Waals surface area contributed by atoms with Crippen LogP contribution < -0.4 is 4.74 Å². The molecule has 2 heterocycles. The quantitative estimate of drug-likeness (QED) is 0.922. The molecule has 1 atom stereocenters. The zero-order valence-electron chi connectivity index (χ0n) is 13.3. The van der Waals surface area contributed by atoms with E-state index in [-0.39, 0.29) is 0 Å². The summed E-state index contributed by atoms with van der Waals surface area (Å²) in [7, 11) is 1.60. The molecule has 132 valence electrons. The van der Waals surface area contributed by atoms with Crippen molar-refractivity contribution in [1.82, 2.24) is 4.90 Å². The minimum absolute atomic E-state index is 0.328. The molecule has 1 aliphatic heterocycles. The summed E-state index contributed by atoms with van der Waals surface area (Å²) in [6.45, 7) is 1.57. The molecule has 0 saturated carbocycles. The number of aliphatic hydroxyl groups is 1. The molecule has 4 nitrogen and oxygen atoms in total. The maximum atomic E-state index is 12.6. The summed E-state index contributed by atoms with van der Waals surface area (Å²) in [6.07, 6.45) is -6.10. The van der Waals surface area contributed by atoms with Crippen LogP contribution in [-0.4, -0.2) is 42.5 Å². The van der Waals surface area contributed by atoms with Crippen LogP contribution in [0.25, 0.3) is 11.0 Å². The molecule has 24 heavy (non-hydrogen) atoms. The Labute approximate surface area is 137 Å². The normalized spacial score (nSPS) is 18.9. The van der Waals surface area contributed by atoms with E-state index in [1.165, 1.54) is 0 Å².